The van der Waals surface area contributed by atoms with Crippen LogP contribution in [0, 0.1) is 5.82 Å². The van der Waals surface area contributed by atoms with Crippen LogP contribution >= 0.6 is 0 Å². The lowest BCUT2D eigenvalue weighted by molar-refractivity contribution is 0.0643. The number of nitrogens with zero attached hydrogens (tertiary/aromatic N) is 2. The average Bonchev–Trinajstić information content (AvgIpc) is 2.39. The second-order valence-electron chi connectivity index (χ2n) is 4.23. The normalized spacial score (nSPS) is 17.2. The summed E-state index contributed by atoms with van der Waals surface area (Å²) in [5, 5.41) is 0. The number of amides is 1. The maximum atomic E-state index is 12.8. The van der Waals surface area contributed by atoms with E-state index in [2.05, 4.69) is 11.8 Å². The van der Waals surface area contributed by atoms with E-state index >= 15 is 0 Å². The second kappa shape index (κ2) is 5.27. The minimum atomic E-state index is -0.308. The summed E-state index contributed by atoms with van der Waals surface area (Å²) < 4.78 is 12.8. The molecule has 0 saturated carbocycles. The Morgan fingerprint density at radius 3 is 2.29 bits per heavy atom. The third-order valence-electron chi connectivity index (χ3n) is 3.20. The fraction of sp³-hybridized carbons (Fsp3) is 0.462. The Balaban J connectivity index is 1.99. The summed E-state index contributed by atoms with van der Waals surface area (Å²) in [6, 6.07) is 5.75. The Labute approximate surface area is 101 Å². The van der Waals surface area contributed by atoms with Gasteiger partial charge in [0, 0.05) is 31.7 Å². The summed E-state index contributed by atoms with van der Waals surface area (Å²) in [5.74, 6) is -0.307. The molecule has 0 N–H and O–H groups in total. The highest BCUT2D eigenvalue weighted by atomic mass is 19.1. The molecule has 3 nitrogen and oxygen atoms in total. The van der Waals surface area contributed by atoms with E-state index in [9.17, 15) is 9.18 Å². The van der Waals surface area contributed by atoms with Gasteiger partial charge in [-0.05, 0) is 30.8 Å². The highest BCUT2D eigenvalue weighted by Crippen LogP contribution is 2.09. The molecule has 1 amide bonds. The van der Waals surface area contributed by atoms with E-state index in [1.54, 1.807) is 12.1 Å². The van der Waals surface area contributed by atoms with Crippen molar-refractivity contribution in [3.63, 3.8) is 0 Å². The molecule has 0 atom stereocenters. The number of halogens is 1. The van der Waals surface area contributed by atoms with Crippen LogP contribution in [-0.4, -0.2) is 48.4 Å². The summed E-state index contributed by atoms with van der Waals surface area (Å²) in [6.07, 6.45) is 0. The molecule has 1 aliphatic rings. The standard InChI is InChI=1S/C13H17FN2O/c1-2-15-7-9-16(10-8-15)13(17)11-3-5-12(14)6-4-11/h3-6H,2,7-10H2,1H3. The van der Waals surface area contributed by atoms with Crippen molar-refractivity contribution in [2.24, 2.45) is 0 Å². The molecule has 1 fully saturated rings. The fourth-order valence-corrected chi connectivity index (χ4v) is 2.04. The number of rotatable bonds is 2. The van der Waals surface area contributed by atoms with Crippen molar-refractivity contribution >= 4 is 5.91 Å². The third kappa shape index (κ3) is 2.82. The Hall–Kier alpha value is -1.42. The van der Waals surface area contributed by atoms with Crippen LogP contribution < -0.4 is 0 Å². The molecule has 0 spiro atoms. The lowest BCUT2D eigenvalue weighted by Crippen LogP contribution is -2.48. The van der Waals surface area contributed by atoms with E-state index in [1.807, 2.05) is 4.90 Å². The van der Waals surface area contributed by atoms with Crippen LogP contribution in [-0.2, 0) is 0 Å². The number of hydrogen-bond acceptors (Lipinski definition) is 2. The molecule has 17 heavy (non-hydrogen) atoms. The van der Waals surface area contributed by atoms with Crippen molar-refractivity contribution in [3.8, 4) is 0 Å². The van der Waals surface area contributed by atoms with Crippen LogP contribution in [0.5, 0.6) is 0 Å². The Kier molecular flexibility index (Phi) is 3.74. The maximum Gasteiger partial charge on any atom is 0.253 e. The smallest absolute Gasteiger partial charge is 0.253 e. The van der Waals surface area contributed by atoms with E-state index in [0.29, 0.717) is 5.56 Å². The van der Waals surface area contributed by atoms with Gasteiger partial charge in [0.05, 0.1) is 0 Å². The predicted molar refractivity (Wildman–Crippen MR) is 64.4 cm³/mol. The summed E-state index contributed by atoms with van der Waals surface area (Å²) in [4.78, 5) is 16.2. The zero-order valence-corrected chi connectivity index (χ0v) is 10.0. The average molecular weight is 236 g/mol. The molecule has 1 aromatic carbocycles. The predicted octanol–water partition coefficient (Wildman–Crippen LogP) is 1.60. The molecule has 2 rings (SSSR count). The number of likely N-dealkylation sites (N-methyl/N-ethyl adjacent to an activating group) is 1. The molecule has 0 bridgehead atoms. The van der Waals surface area contributed by atoms with E-state index in [-0.39, 0.29) is 11.7 Å². The molecule has 0 aromatic heterocycles. The number of carbonyl (C=O) groups is 1. The number of piperazine rings is 1. The molecule has 1 aliphatic heterocycles. The lowest BCUT2D eigenvalue weighted by atomic mass is 10.2. The van der Waals surface area contributed by atoms with Crippen LogP contribution in [0.4, 0.5) is 4.39 Å². The highest BCUT2D eigenvalue weighted by molar-refractivity contribution is 5.94. The molecule has 0 unspecified atom stereocenters. The van der Waals surface area contributed by atoms with Crippen LogP contribution in [0.25, 0.3) is 0 Å². The van der Waals surface area contributed by atoms with Gasteiger partial charge in [0.25, 0.3) is 5.91 Å². The third-order valence-corrected chi connectivity index (χ3v) is 3.20. The summed E-state index contributed by atoms with van der Waals surface area (Å²) in [6.45, 7) is 6.50. The Morgan fingerprint density at radius 2 is 1.76 bits per heavy atom. The quantitative estimate of drug-likeness (QED) is 0.778. The zero-order valence-electron chi connectivity index (χ0n) is 10.0. The van der Waals surface area contributed by atoms with Gasteiger partial charge in [-0.1, -0.05) is 6.92 Å². The first-order valence-corrected chi connectivity index (χ1v) is 5.98. The van der Waals surface area contributed by atoms with Crippen molar-refractivity contribution < 1.29 is 9.18 Å². The molecule has 92 valence electrons. The molecule has 0 radical (unpaired) electrons. The largest absolute Gasteiger partial charge is 0.336 e. The number of hydrogen-bond donors (Lipinski definition) is 0. The van der Waals surface area contributed by atoms with Crippen molar-refractivity contribution in [1.29, 1.82) is 0 Å². The lowest BCUT2D eigenvalue weighted by Gasteiger charge is -2.34. The molecular weight excluding hydrogens is 219 g/mol. The van der Waals surface area contributed by atoms with E-state index in [1.165, 1.54) is 12.1 Å². The first kappa shape index (κ1) is 12.0. The second-order valence-corrected chi connectivity index (χ2v) is 4.23. The zero-order chi connectivity index (χ0) is 12.3. The van der Waals surface area contributed by atoms with Gasteiger partial charge >= 0.3 is 0 Å². The van der Waals surface area contributed by atoms with Gasteiger partial charge in [-0.25, -0.2) is 4.39 Å². The minimum absolute atomic E-state index is 0.000697. The monoisotopic (exact) mass is 236 g/mol. The van der Waals surface area contributed by atoms with Gasteiger partial charge < -0.3 is 9.80 Å². The summed E-state index contributed by atoms with van der Waals surface area (Å²) in [7, 11) is 0. The molecule has 4 heteroatoms. The molecule has 1 aromatic rings. The minimum Gasteiger partial charge on any atom is -0.336 e. The Bertz CT molecular complexity index is 383. The SMILES string of the molecule is CCN1CCN(C(=O)c2ccc(F)cc2)CC1. The van der Waals surface area contributed by atoms with Crippen molar-refractivity contribution in [2.75, 3.05) is 32.7 Å². The van der Waals surface area contributed by atoms with Crippen LogP contribution in [0.15, 0.2) is 24.3 Å². The van der Waals surface area contributed by atoms with E-state index in [4.69, 9.17) is 0 Å². The van der Waals surface area contributed by atoms with Gasteiger partial charge in [-0.3, -0.25) is 4.79 Å². The highest BCUT2D eigenvalue weighted by Gasteiger charge is 2.20. The summed E-state index contributed by atoms with van der Waals surface area (Å²) >= 11 is 0. The van der Waals surface area contributed by atoms with E-state index < -0.39 is 0 Å². The molecular formula is C13H17FN2O. The van der Waals surface area contributed by atoms with Crippen molar-refractivity contribution in [1.82, 2.24) is 9.80 Å². The molecule has 1 heterocycles. The number of carbonyl (C=O) groups excluding carboxylic acids is 1. The number of benzene rings is 1. The van der Waals surface area contributed by atoms with Crippen molar-refractivity contribution in [3.05, 3.63) is 35.6 Å². The fourth-order valence-electron chi connectivity index (χ4n) is 2.04. The maximum absolute atomic E-state index is 12.8. The van der Waals surface area contributed by atoms with Gasteiger partial charge in [-0.2, -0.15) is 0 Å². The van der Waals surface area contributed by atoms with Crippen molar-refractivity contribution in [2.45, 2.75) is 6.92 Å². The summed E-state index contributed by atoms with van der Waals surface area (Å²) in [5.41, 5.74) is 0.566. The van der Waals surface area contributed by atoms with Crippen LogP contribution in [0.3, 0.4) is 0 Å². The van der Waals surface area contributed by atoms with E-state index in [0.717, 1.165) is 32.7 Å². The van der Waals surface area contributed by atoms with Gasteiger partial charge in [0.2, 0.25) is 0 Å². The topological polar surface area (TPSA) is 23.6 Å². The molecule has 0 aliphatic carbocycles. The van der Waals surface area contributed by atoms with Crippen LogP contribution in [0.2, 0.25) is 0 Å². The first-order chi connectivity index (χ1) is 8.20. The van der Waals surface area contributed by atoms with Crippen LogP contribution in [0.1, 0.15) is 17.3 Å². The van der Waals surface area contributed by atoms with Gasteiger partial charge in [0.15, 0.2) is 0 Å². The van der Waals surface area contributed by atoms with Gasteiger partial charge in [-0.15, -0.1) is 0 Å². The first-order valence-electron chi connectivity index (χ1n) is 5.98. The Morgan fingerprint density at radius 1 is 1.18 bits per heavy atom. The van der Waals surface area contributed by atoms with Gasteiger partial charge in [0.1, 0.15) is 5.82 Å². The molecule has 1 saturated heterocycles.